The number of amides is 1. The van der Waals surface area contributed by atoms with Crippen molar-refractivity contribution in [3.63, 3.8) is 0 Å². The van der Waals surface area contributed by atoms with Gasteiger partial charge in [0, 0.05) is 25.8 Å². The number of hydrogen-bond donors (Lipinski definition) is 1. The van der Waals surface area contributed by atoms with E-state index in [9.17, 15) is 9.18 Å². The normalized spacial score (nSPS) is 19.2. The van der Waals surface area contributed by atoms with Gasteiger partial charge in [-0.3, -0.25) is 4.79 Å². The van der Waals surface area contributed by atoms with Crippen molar-refractivity contribution in [3.05, 3.63) is 29.6 Å². The highest BCUT2D eigenvalue weighted by Gasteiger charge is 2.20. The van der Waals surface area contributed by atoms with Crippen molar-refractivity contribution in [2.45, 2.75) is 25.4 Å². The Hall–Kier alpha value is -1.62. The fourth-order valence-corrected chi connectivity index (χ4v) is 2.24. The van der Waals surface area contributed by atoms with Crippen molar-refractivity contribution in [1.82, 2.24) is 4.90 Å². The average molecular weight is 266 g/mol. The molecule has 1 atom stereocenters. The third-order valence-electron chi connectivity index (χ3n) is 3.34. The van der Waals surface area contributed by atoms with Crippen molar-refractivity contribution >= 4 is 11.6 Å². The Labute approximate surface area is 112 Å². The van der Waals surface area contributed by atoms with Crippen molar-refractivity contribution in [1.29, 1.82) is 0 Å². The lowest BCUT2D eigenvalue weighted by molar-refractivity contribution is -0.000187. The number of likely N-dealkylation sites (N-methyl/N-ethyl adjacent to an activating group) is 1. The van der Waals surface area contributed by atoms with Crippen molar-refractivity contribution < 1.29 is 13.9 Å². The lowest BCUT2D eigenvalue weighted by Crippen LogP contribution is -2.37. The smallest absolute Gasteiger partial charge is 0.253 e. The summed E-state index contributed by atoms with van der Waals surface area (Å²) in [7, 11) is 1.72. The van der Waals surface area contributed by atoms with Crippen LogP contribution in [0.15, 0.2) is 18.2 Å². The number of carbonyl (C=O) groups excluding carboxylic acids is 1. The van der Waals surface area contributed by atoms with E-state index in [1.807, 2.05) is 0 Å². The number of ether oxygens (including phenoxy) is 1. The molecule has 0 spiro atoms. The molecule has 19 heavy (non-hydrogen) atoms. The first-order valence-corrected chi connectivity index (χ1v) is 6.50. The van der Waals surface area contributed by atoms with Crippen LogP contribution in [0, 0.1) is 5.82 Å². The molecule has 1 amide bonds. The number of nitrogen functional groups attached to an aromatic ring is 1. The Balaban J connectivity index is 1.99. The lowest BCUT2D eigenvalue weighted by Gasteiger charge is -2.27. The van der Waals surface area contributed by atoms with Gasteiger partial charge in [0.15, 0.2) is 0 Å². The number of nitrogens with two attached hydrogens (primary N) is 1. The van der Waals surface area contributed by atoms with Gasteiger partial charge in [0.1, 0.15) is 5.82 Å². The monoisotopic (exact) mass is 266 g/mol. The summed E-state index contributed by atoms with van der Waals surface area (Å²) in [6, 6.07) is 4.04. The van der Waals surface area contributed by atoms with E-state index < -0.39 is 5.82 Å². The number of hydrogen-bond acceptors (Lipinski definition) is 3. The third kappa shape index (κ3) is 3.44. The van der Waals surface area contributed by atoms with Crippen molar-refractivity contribution in [2.24, 2.45) is 0 Å². The van der Waals surface area contributed by atoms with Gasteiger partial charge in [-0.2, -0.15) is 0 Å². The number of anilines is 1. The standard InChI is InChI=1S/C14H19FN2O2/c1-17(9-11-4-2-3-7-19-11)14(18)10-5-6-12(15)13(16)8-10/h5-6,8,11H,2-4,7,9,16H2,1H3. The molecule has 1 aromatic carbocycles. The molecule has 0 radical (unpaired) electrons. The van der Waals surface area contributed by atoms with Crippen LogP contribution < -0.4 is 5.73 Å². The number of carbonyl (C=O) groups is 1. The van der Waals surface area contributed by atoms with E-state index in [2.05, 4.69) is 0 Å². The van der Waals surface area contributed by atoms with Crippen LogP contribution in [0.3, 0.4) is 0 Å². The Morgan fingerprint density at radius 3 is 2.95 bits per heavy atom. The predicted octanol–water partition coefficient (Wildman–Crippen LogP) is 2.05. The second-order valence-corrected chi connectivity index (χ2v) is 4.91. The number of rotatable bonds is 3. The Morgan fingerprint density at radius 2 is 2.32 bits per heavy atom. The Morgan fingerprint density at radius 1 is 1.53 bits per heavy atom. The summed E-state index contributed by atoms with van der Waals surface area (Å²) in [5, 5.41) is 0. The summed E-state index contributed by atoms with van der Waals surface area (Å²) in [4.78, 5) is 13.8. The van der Waals surface area contributed by atoms with Crippen LogP contribution in [-0.2, 0) is 4.74 Å². The minimum Gasteiger partial charge on any atom is -0.396 e. The van der Waals surface area contributed by atoms with Crippen LogP contribution in [0.25, 0.3) is 0 Å². The minimum absolute atomic E-state index is 0.00633. The summed E-state index contributed by atoms with van der Waals surface area (Å²) in [5.41, 5.74) is 5.87. The molecule has 0 aliphatic carbocycles. The molecule has 1 saturated heterocycles. The van der Waals surface area contributed by atoms with E-state index in [1.165, 1.54) is 18.2 Å². The zero-order valence-electron chi connectivity index (χ0n) is 11.1. The Bertz CT molecular complexity index is 459. The van der Waals surface area contributed by atoms with E-state index in [0.29, 0.717) is 12.1 Å². The van der Waals surface area contributed by atoms with Crippen LogP contribution in [0.1, 0.15) is 29.6 Å². The van der Waals surface area contributed by atoms with Crippen molar-refractivity contribution in [2.75, 3.05) is 25.9 Å². The molecule has 1 aliphatic rings. The minimum atomic E-state index is -0.505. The fourth-order valence-electron chi connectivity index (χ4n) is 2.24. The average Bonchev–Trinajstić information content (AvgIpc) is 2.42. The summed E-state index contributed by atoms with van der Waals surface area (Å²) in [6.07, 6.45) is 3.29. The van der Waals surface area contributed by atoms with Gasteiger partial charge in [0.05, 0.1) is 11.8 Å². The number of halogens is 1. The highest BCUT2D eigenvalue weighted by Crippen LogP contribution is 2.16. The molecule has 2 rings (SSSR count). The fraction of sp³-hybridized carbons (Fsp3) is 0.500. The first-order valence-electron chi connectivity index (χ1n) is 6.50. The van der Waals surface area contributed by atoms with Crippen LogP contribution >= 0.6 is 0 Å². The van der Waals surface area contributed by atoms with Gasteiger partial charge in [0.25, 0.3) is 5.91 Å². The molecular formula is C14H19FN2O2. The molecule has 1 aliphatic heterocycles. The van der Waals surface area contributed by atoms with Gasteiger partial charge in [-0.1, -0.05) is 0 Å². The molecule has 104 valence electrons. The van der Waals surface area contributed by atoms with Gasteiger partial charge < -0.3 is 15.4 Å². The summed E-state index contributed by atoms with van der Waals surface area (Å²) >= 11 is 0. The molecule has 0 bridgehead atoms. The SMILES string of the molecule is CN(CC1CCCCO1)C(=O)c1ccc(F)c(N)c1. The van der Waals surface area contributed by atoms with Gasteiger partial charge >= 0.3 is 0 Å². The van der Waals surface area contributed by atoms with Crippen LogP contribution in [0.4, 0.5) is 10.1 Å². The lowest BCUT2D eigenvalue weighted by atomic mass is 10.1. The zero-order chi connectivity index (χ0) is 13.8. The molecule has 5 heteroatoms. The topological polar surface area (TPSA) is 55.6 Å². The molecule has 1 fully saturated rings. The van der Waals surface area contributed by atoms with Gasteiger partial charge in [0.2, 0.25) is 0 Å². The maximum absolute atomic E-state index is 13.1. The van der Waals surface area contributed by atoms with Crippen LogP contribution in [0.2, 0.25) is 0 Å². The highest BCUT2D eigenvalue weighted by atomic mass is 19.1. The third-order valence-corrected chi connectivity index (χ3v) is 3.34. The Kier molecular flexibility index (Phi) is 4.37. The van der Waals surface area contributed by atoms with E-state index in [0.717, 1.165) is 25.9 Å². The molecule has 1 heterocycles. The first kappa shape index (κ1) is 13.8. The maximum atomic E-state index is 13.1. The number of benzene rings is 1. The van der Waals surface area contributed by atoms with Gasteiger partial charge in [-0.15, -0.1) is 0 Å². The molecule has 0 saturated carbocycles. The van der Waals surface area contributed by atoms with Gasteiger partial charge in [-0.25, -0.2) is 4.39 Å². The van der Waals surface area contributed by atoms with E-state index in [1.54, 1.807) is 11.9 Å². The van der Waals surface area contributed by atoms with Crippen molar-refractivity contribution in [3.8, 4) is 0 Å². The maximum Gasteiger partial charge on any atom is 0.253 e. The second-order valence-electron chi connectivity index (χ2n) is 4.91. The summed E-state index contributed by atoms with van der Waals surface area (Å²) in [6.45, 7) is 1.31. The molecule has 0 aromatic heterocycles. The quantitative estimate of drug-likeness (QED) is 0.852. The molecule has 1 unspecified atom stereocenters. The predicted molar refractivity (Wildman–Crippen MR) is 71.4 cm³/mol. The van der Waals surface area contributed by atoms with E-state index in [-0.39, 0.29) is 17.7 Å². The van der Waals surface area contributed by atoms with E-state index in [4.69, 9.17) is 10.5 Å². The number of nitrogens with zero attached hydrogens (tertiary/aromatic N) is 1. The first-order chi connectivity index (χ1) is 9.08. The van der Waals surface area contributed by atoms with E-state index >= 15 is 0 Å². The largest absolute Gasteiger partial charge is 0.396 e. The summed E-state index contributed by atoms with van der Waals surface area (Å²) < 4.78 is 18.7. The molecule has 4 nitrogen and oxygen atoms in total. The zero-order valence-corrected chi connectivity index (χ0v) is 11.1. The van der Waals surface area contributed by atoms with Crippen LogP contribution in [0.5, 0.6) is 0 Å². The summed E-state index contributed by atoms with van der Waals surface area (Å²) in [5.74, 6) is -0.671. The molecular weight excluding hydrogens is 247 g/mol. The van der Waals surface area contributed by atoms with Gasteiger partial charge in [-0.05, 0) is 37.5 Å². The van der Waals surface area contributed by atoms with Crippen LogP contribution in [-0.4, -0.2) is 37.1 Å². The molecule has 1 aromatic rings. The molecule has 2 N–H and O–H groups in total. The highest BCUT2D eigenvalue weighted by molar-refractivity contribution is 5.94. The second kappa shape index (κ2) is 6.02.